The lowest BCUT2D eigenvalue weighted by Gasteiger charge is -2.11. The highest BCUT2D eigenvalue weighted by Crippen LogP contribution is 2.17. The molecule has 0 aliphatic rings. The quantitative estimate of drug-likeness (QED) is 0.323. The maximum atomic E-state index is 12.3. The van der Waals surface area contributed by atoms with Crippen molar-refractivity contribution in [3.63, 3.8) is 0 Å². The maximum absolute atomic E-state index is 12.3. The number of hydrogen-bond donors (Lipinski definition) is 4. The van der Waals surface area contributed by atoms with E-state index in [1.807, 2.05) is 55.5 Å². The lowest BCUT2D eigenvalue weighted by Crippen LogP contribution is -2.21. The van der Waals surface area contributed by atoms with Crippen LogP contribution in [0.4, 0.5) is 22.7 Å². The third-order valence-corrected chi connectivity index (χ3v) is 5.01. The van der Waals surface area contributed by atoms with Crippen molar-refractivity contribution in [3.8, 4) is 0 Å². The summed E-state index contributed by atoms with van der Waals surface area (Å²) in [5, 5.41) is 11.6. The van der Waals surface area contributed by atoms with Crippen LogP contribution in [0.3, 0.4) is 0 Å². The minimum Gasteiger partial charge on any atom is -0.376 e. The number of anilines is 4. The molecule has 3 rings (SSSR count). The SMILES string of the molecule is CCCC(=O)Nc1ccc(NC(=O)CNc2cccc(NC(=O)CCc3ccccc3)c2)cc1. The Morgan fingerprint density at radius 1 is 0.618 bits per heavy atom. The highest BCUT2D eigenvalue weighted by atomic mass is 16.2. The average Bonchev–Trinajstić information content (AvgIpc) is 2.84. The van der Waals surface area contributed by atoms with Crippen molar-refractivity contribution in [1.29, 1.82) is 0 Å². The van der Waals surface area contributed by atoms with Gasteiger partial charge in [-0.1, -0.05) is 43.3 Å². The predicted molar refractivity (Wildman–Crippen MR) is 137 cm³/mol. The fourth-order valence-corrected chi connectivity index (χ4v) is 3.31. The molecule has 0 radical (unpaired) electrons. The second-order valence-corrected chi connectivity index (χ2v) is 7.89. The zero-order valence-electron chi connectivity index (χ0n) is 19.3. The van der Waals surface area contributed by atoms with E-state index in [1.54, 1.807) is 30.3 Å². The molecule has 0 heterocycles. The largest absolute Gasteiger partial charge is 0.376 e. The first-order chi connectivity index (χ1) is 16.5. The van der Waals surface area contributed by atoms with E-state index in [9.17, 15) is 14.4 Å². The van der Waals surface area contributed by atoms with Crippen LogP contribution in [0.2, 0.25) is 0 Å². The molecule has 0 spiro atoms. The number of hydrogen-bond acceptors (Lipinski definition) is 4. The molecular formula is C27H30N4O3. The topological polar surface area (TPSA) is 99.3 Å². The van der Waals surface area contributed by atoms with Gasteiger partial charge in [-0.15, -0.1) is 0 Å². The Kier molecular flexibility index (Phi) is 9.22. The molecule has 3 aromatic rings. The molecule has 4 N–H and O–H groups in total. The first kappa shape index (κ1) is 24.5. The lowest BCUT2D eigenvalue weighted by molar-refractivity contribution is -0.117. The van der Waals surface area contributed by atoms with Gasteiger partial charge < -0.3 is 21.3 Å². The van der Waals surface area contributed by atoms with Crippen molar-refractivity contribution in [2.24, 2.45) is 0 Å². The number of nitrogens with one attached hydrogen (secondary N) is 4. The molecule has 0 fully saturated rings. The molecule has 0 saturated carbocycles. The van der Waals surface area contributed by atoms with Crippen LogP contribution in [-0.2, 0) is 20.8 Å². The van der Waals surface area contributed by atoms with Crippen LogP contribution >= 0.6 is 0 Å². The molecule has 0 aliphatic carbocycles. The Morgan fingerprint density at radius 2 is 1.21 bits per heavy atom. The summed E-state index contributed by atoms with van der Waals surface area (Å²) >= 11 is 0. The monoisotopic (exact) mass is 458 g/mol. The van der Waals surface area contributed by atoms with Crippen LogP contribution in [0, 0.1) is 0 Å². The number of rotatable bonds is 11. The molecule has 3 amide bonds. The Hall–Kier alpha value is -4.13. The van der Waals surface area contributed by atoms with Crippen molar-refractivity contribution in [3.05, 3.63) is 84.4 Å². The molecule has 0 saturated heterocycles. The highest BCUT2D eigenvalue weighted by molar-refractivity contribution is 5.95. The van der Waals surface area contributed by atoms with Crippen molar-refractivity contribution in [1.82, 2.24) is 0 Å². The molecule has 176 valence electrons. The average molecular weight is 459 g/mol. The van der Waals surface area contributed by atoms with Gasteiger partial charge in [0.15, 0.2) is 0 Å². The van der Waals surface area contributed by atoms with Crippen molar-refractivity contribution < 1.29 is 14.4 Å². The molecule has 0 bridgehead atoms. The van der Waals surface area contributed by atoms with Crippen LogP contribution in [-0.4, -0.2) is 24.3 Å². The summed E-state index contributed by atoms with van der Waals surface area (Å²) in [4.78, 5) is 36.2. The van der Waals surface area contributed by atoms with Gasteiger partial charge >= 0.3 is 0 Å². The fraction of sp³-hybridized carbons (Fsp3) is 0.222. The van der Waals surface area contributed by atoms with Crippen LogP contribution in [0.25, 0.3) is 0 Å². The Balaban J connectivity index is 1.43. The molecule has 0 atom stereocenters. The number of carbonyl (C=O) groups excluding carboxylic acids is 3. The van der Waals surface area contributed by atoms with E-state index in [2.05, 4.69) is 21.3 Å². The summed E-state index contributed by atoms with van der Waals surface area (Å²) in [6.45, 7) is 2.02. The zero-order valence-corrected chi connectivity index (χ0v) is 19.3. The molecule has 34 heavy (non-hydrogen) atoms. The standard InChI is InChI=1S/C27H30N4O3/c1-2-7-25(32)29-21-13-15-22(16-14-21)30-27(34)19-28-23-10-6-11-24(18-23)31-26(33)17-12-20-8-4-3-5-9-20/h3-6,8-11,13-16,18,28H,2,7,12,17,19H2,1H3,(H,29,32)(H,30,34)(H,31,33). The second kappa shape index (κ2) is 12.8. The third-order valence-electron chi connectivity index (χ3n) is 5.01. The van der Waals surface area contributed by atoms with Crippen molar-refractivity contribution in [2.45, 2.75) is 32.6 Å². The van der Waals surface area contributed by atoms with Gasteiger partial charge in [0.1, 0.15) is 0 Å². The molecule has 0 unspecified atom stereocenters. The van der Waals surface area contributed by atoms with Crippen LogP contribution in [0.15, 0.2) is 78.9 Å². The smallest absolute Gasteiger partial charge is 0.243 e. The Morgan fingerprint density at radius 3 is 1.88 bits per heavy atom. The van der Waals surface area contributed by atoms with Gasteiger partial charge in [-0.3, -0.25) is 14.4 Å². The Labute approximate surface area is 200 Å². The zero-order chi connectivity index (χ0) is 24.2. The fourth-order valence-electron chi connectivity index (χ4n) is 3.31. The summed E-state index contributed by atoms with van der Waals surface area (Å²) in [7, 11) is 0. The summed E-state index contributed by atoms with van der Waals surface area (Å²) in [6.07, 6.45) is 2.33. The predicted octanol–water partition coefficient (Wildman–Crippen LogP) is 5.05. The summed E-state index contributed by atoms with van der Waals surface area (Å²) in [6, 6.07) is 24.1. The van der Waals surface area contributed by atoms with Gasteiger partial charge in [-0.05, 0) is 60.9 Å². The molecule has 0 aromatic heterocycles. The van der Waals surface area contributed by atoms with Crippen molar-refractivity contribution in [2.75, 3.05) is 27.8 Å². The maximum Gasteiger partial charge on any atom is 0.243 e. The molecule has 7 heteroatoms. The summed E-state index contributed by atoms with van der Waals surface area (Å²) in [5.41, 5.74) is 3.85. The van der Waals surface area contributed by atoms with E-state index in [-0.39, 0.29) is 24.3 Å². The number of aryl methyl sites for hydroxylation is 1. The highest BCUT2D eigenvalue weighted by Gasteiger charge is 2.06. The number of benzene rings is 3. The van der Waals surface area contributed by atoms with Gasteiger partial charge in [0.25, 0.3) is 0 Å². The van der Waals surface area contributed by atoms with Crippen LogP contribution in [0.1, 0.15) is 31.7 Å². The molecule has 7 nitrogen and oxygen atoms in total. The van der Waals surface area contributed by atoms with Crippen molar-refractivity contribution >= 4 is 40.5 Å². The van der Waals surface area contributed by atoms with E-state index in [1.165, 1.54) is 0 Å². The number of amides is 3. The van der Waals surface area contributed by atoms with Crippen LogP contribution < -0.4 is 21.3 Å². The van der Waals surface area contributed by atoms with Gasteiger partial charge in [0.05, 0.1) is 6.54 Å². The second-order valence-electron chi connectivity index (χ2n) is 7.89. The van der Waals surface area contributed by atoms with E-state index >= 15 is 0 Å². The first-order valence-corrected chi connectivity index (χ1v) is 11.4. The third kappa shape index (κ3) is 8.43. The van der Waals surface area contributed by atoms with Gasteiger partial charge in [-0.25, -0.2) is 0 Å². The Bertz CT molecular complexity index is 1100. The summed E-state index contributed by atoms with van der Waals surface area (Å²) in [5.74, 6) is -0.300. The minimum absolute atomic E-state index is 0.0295. The van der Waals surface area contributed by atoms with Gasteiger partial charge in [0, 0.05) is 35.6 Å². The normalized spacial score (nSPS) is 10.3. The lowest BCUT2D eigenvalue weighted by atomic mass is 10.1. The first-order valence-electron chi connectivity index (χ1n) is 11.4. The molecule has 3 aromatic carbocycles. The molecule has 0 aliphatic heterocycles. The van der Waals surface area contributed by atoms with E-state index in [0.717, 1.165) is 17.7 Å². The van der Waals surface area contributed by atoms with Crippen LogP contribution in [0.5, 0.6) is 0 Å². The van der Waals surface area contributed by atoms with E-state index in [4.69, 9.17) is 0 Å². The molecular weight excluding hydrogens is 428 g/mol. The minimum atomic E-state index is -0.208. The summed E-state index contributed by atoms with van der Waals surface area (Å²) < 4.78 is 0. The van der Waals surface area contributed by atoms with E-state index in [0.29, 0.717) is 36.3 Å². The number of carbonyl (C=O) groups is 3. The van der Waals surface area contributed by atoms with Gasteiger partial charge in [0.2, 0.25) is 17.7 Å². The van der Waals surface area contributed by atoms with Gasteiger partial charge in [-0.2, -0.15) is 0 Å². The van der Waals surface area contributed by atoms with E-state index < -0.39 is 0 Å².